The van der Waals surface area contributed by atoms with E-state index in [1.165, 1.54) is 0 Å². The molecule has 0 atom stereocenters. The van der Waals surface area contributed by atoms with Gasteiger partial charge in [0.25, 0.3) is 5.91 Å². The summed E-state index contributed by atoms with van der Waals surface area (Å²) in [7, 11) is 1.60. The number of carbonyl (C=O) groups is 3. The number of carbonyl (C=O) groups excluding carboxylic acids is 3. The Morgan fingerprint density at radius 2 is 2.08 bits per heavy atom. The van der Waals surface area contributed by atoms with E-state index in [0.29, 0.717) is 6.54 Å². The highest BCUT2D eigenvalue weighted by molar-refractivity contribution is 6.10. The molecule has 0 bridgehead atoms. The number of amides is 4. The zero-order chi connectivity index (χ0) is 17.5. The molecule has 1 aromatic carbocycles. The van der Waals surface area contributed by atoms with E-state index >= 15 is 0 Å². The van der Waals surface area contributed by atoms with Crippen molar-refractivity contribution in [2.24, 2.45) is 0 Å². The number of urea groups is 1. The van der Waals surface area contributed by atoms with Crippen LogP contribution in [-0.2, 0) is 16.0 Å². The summed E-state index contributed by atoms with van der Waals surface area (Å²) in [6.45, 7) is 3.57. The smallest absolute Gasteiger partial charge is 0.325 e. The number of hydrogen-bond donors (Lipinski definition) is 1. The maximum absolute atomic E-state index is 12.7. The first-order valence-corrected chi connectivity index (χ1v) is 7.95. The van der Waals surface area contributed by atoms with Crippen molar-refractivity contribution >= 4 is 23.5 Å². The molecule has 2 aliphatic rings. The van der Waals surface area contributed by atoms with Crippen LogP contribution in [0.3, 0.4) is 0 Å². The van der Waals surface area contributed by atoms with Gasteiger partial charge in [0.15, 0.2) is 0 Å². The number of methoxy groups -OCH3 is 1. The zero-order valence-corrected chi connectivity index (χ0v) is 14.1. The largest absolute Gasteiger partial charge is 0.497 e. The molecule has 1 saturated heterocycles. The SMILES string of the molecule is COc1ccc2c(c1)CCCN2C(=O)CN1C(=O)NC(C)(C)C1=O. The fraction of sp³-hybridized carbons (Fsp3) is 0.471. The second kappa shape index (κ2) is 5.81. The van der Waals surface area contributed by atoms with Crippen molar-refractivity contribution in [2.75, 3.05) is 25.1 Å². The standard InChI is InChI=1S/C17H21N3O4/c1-17(2)15(22)20(16(23)18-17)10-14(21)19-8-4-5-11-9-12(24-3)6-7-13(11)19/h6-7,9H,4-5,8,10H2,1-3H3,(H,18,23). The van der Waals surface area contributed by atoms with E-state index in [9.17, 15) is 14.4 Å². The van der Waals surface area contributed by atoms with Gasteiger partial charge in [-0.2, -0.15) is 0 Å². The molecule has 0 radical (unpaired) electrons. The Balaban J connectivity index is 1.80. The lowest BCUT2D eigenvalue weighted by molar-refractivity contribution is -0.133. The summed E-state index contributed by atoms with van der Waals surface area (Å²) >= 11 is 0. The zero-order valence-electron chi connectivity index (χ0n) is 14.1. The lowest BCUT2D eigenvalue weighted by atomic mass is 10.0. The van der Waals surface area contributed by atoms with Crippen LogP contribution in [0.4, 0.5) is 10.5 Å². The Kier molecular flexibility index (Phi) is 3.95. The lowest BCUT2D eigenvalue weighted by Gasteiger charge is -2.30. The molecular weight excluding hydrogens is 310 g/mol. The Bertz CT molecular complexity index is 714. The highest BCUT2D eigenvalue weighted by atomic mass is 16.5. The van der Waals surface area contributed by atoms with Gasteiger partial charge in [0.2, 0.25) is 5.91 Å². The van der Waals surface area contributed by atoms with E-state index in [0.717, 1.165) is 34.7 Å². The van der Waals surface area contributed by atoms with E-state index in [2.05, 4.69) is 5.32 Å². The first kappa shape index (κ1) is 16.3. The number of nitrogens with one attached hydrogen (secondary N) is 1. The van der Waals surface area contributed by atoms with Crippen LogP contribution >= 0.6 is 0 Å². The minimum absolute atomic E-state index is 0.250. The van der Waals surface area contributed by atoms with Crippen molar-refractivity contribution in [1.29, 1.82) is 0 Å². The van der Waals surface area contributed by atoms with Crippen molar-refractivity contribution < 1.29 is 19.1 Å². The molecule has 0 spiro atoms. The van der Waals surface area contributed by atoms with Gasteiger partial charge in [-0.25, -0.2) is 4.79 Å². The average molecular weight is 331 g/mol. The number of ether oxygens (including phenoxy) is 1. The van der Waals surface area contributed by atoms with Crippen molar-refractivity contribution in [3.05, 3.63) is 23.8 Å². The fourth-order valence-corrected chi connectivity index (χ4v) is 3.14. The topological polar surface area (TPSA) is 79.0 Å². The van der Waals surface area contributed by atoms with Crippen molar-refractivity contribution in [3.8, 4) is 5.75 Å². The Labute approximate surface area is 140 Å². The van der Waals surface area contributed by atoms with Gasteiger partial charge in [0, 0.05) is 12.2 Å². The summed E-state index contributed by atoms with van der Waals surface area (Å²) in [5.41, 5.74) is 0.884. The van der Waals surface area contributed by atoms with Crippen LogP contribution in [0.15, 0.2) is 18.2 Å². The number of nitrogens with zero attached hydrogens (tertiary/aromatic N) is 2. The third-order valence-corrected chi connectivity index (χ3v) is 4.44. The average Bonchev–Trinajstić information content (AvgIpc) is 2.75. The predicted octanol–water partition coefficient (Wildman–Crippen LogP) is 1.30. The minimum Gasteiger partial charge on any atom is -0.497 e. The number of anilines is 1. The number of aryl methyl sites for hydroxylation is 1. The Hall–Kier alpha value is -2.57. The summed E-state index contributed by atoms with van der Waals surface area (Å²) in [6, 6.07) is 5.05. The third kappa shape index (κ3) is 2.70. The number of imide groups is 1. The molecule has 7 heteroatoms. The van der Waals surface area contributed by atoms with E-state index in [1.54, 1.807) is 31.9 Å². The summed E-state index contributed by atoms with van der Waals surface area (Å²) in [4.78, 5) is 39.5. The van der Waals surface area contributed by atoms with Crippen LogP contribution in [0.1, 0.15) is 25.8 Å². The third-order valence-electron chi connectivity index (χ3n) is 4.44. The van der Waals surface area contributed by atoms with Gasteiger partial charge >= 0.3 is 6.03 Å². The molecule has 0 saturated carbocycles. The summed E-state index contributed by atoms with van der Waals surface area (Å²) in [6.07, 6.45) is 1.70. The van der Waals surface area contributed by atoms with E-state index < -0.39 is 11.6 Å². The normalized spacial score (nSPS) is 19.1. The van der Waals surface area contributed by atoms with E-state index in [-0.39, 0.29) is 18.4 Å². The number of rotatable bonds is 3. The van der Waals surface area contributed by atoms with E-state index in [4.69, 9.17) is 4.74 Å². The first-order valence-electron chi connectivity index (χ1n) is 7.95. The molecule has 1 aromatic rings. The van der Waals surface area contributed by atoms with Crippen LogP contribution in [0, 0.1) is 0 Å². The van der Waals surface area contributed by atoms with Crippen LogP contribution < -0.4 is 15.0 Å². The first-order chi connectivity index (χ1) is 11.3. The van der Waals surface area contributed by atoms with Gasteiger partial charge in [-0.15, -0.1) is 0 Å². The fourth-order valence-electron chi connectivity index (χ4n) is 3.14. The molecular formula is C17H21N3O4. The number of fused-ring (bicyclic) bond motifs is 1. The molecule has 0 unspecified atom stereocenters. The Morgan fingerprint density at radius 1 is 1.33 bits per heavy atom. The molecule has 128 valence electrons. The molecule has 3 rings (SSSR count). The molecule has 0 aliphatic carbocycles. The van der Waals surface area contributed by atoms with Gasteiger partial charge in [0.05, 0.1) is 7.11 Å². The number of hydrogen-bond acceptors (Lipinski definition) is 4. The van der Waals surface area contributed by atoms with Gasteiger partial charge in [-0.1, -0.05) is 0 Å². The molecule has 0 aromatic heterocycles. The van der Waals surface area contributed by atoms with Gasteiger partial charge < -0.3 is 15.0 Å². The summed E-state index contributed by atoms with van der Waals surface area (Å²) in [5, 5.41) is 2.59. The molecule has 24 heavy (non-hydrogen) atoms. The van der Waals surface area contributed by atoms with Crippen LogP contribution in [0.2, 0.25) is 0 Å². The maximum Gasteiger partial charge on any atom is 0.325 e. The van der Waals surface area contributed by atoms with Crippen molar-refractivity contribution in [2.45, 2.75) is 32.2 Å². The highest BCUT2D eigenvalue weighted by Gasteiger charge is 2.45. The Morgan fingerprint density at radius 3 is 2.71 bits per heavy atom. The molecule has 2 aliphatic heterocycles. The van der Waals surface area contributed by atoms with Crippen LogP contribution in [-0.4, -0.2) is 48.5 Å². The molecule has 1 fully saturated rings. The second-order valence-corrected chi connectivity index (χ2v) is 6.59. The minimum atomic E-state index is -0.968. The predicted molar refractivity (Wildman–Crippen MR) is 88.0 cm³/mol. The molecule has 2 heterocycles. The highest BCUT2D eigenvalue weighted by Crippen LogP contribution is 2.31. The monoisotopic (exact) mass is 331 g/mol. The van der Waals surface area contributed by atoms with Crippen LogP contribution in [0.25, 0.3) is 0 Å². The van der Waals surface area contributed by atoms with Crippen molar-refractivity contribution in [1.82, 2.24) is 10.2 Å². The van der Waals surface area contributed by atoms with Gasteiger partial charge in [0.1, 0.15) is 17.8 Å². The molecule has 7 nitrogen and oxygen atoms in total. The quantitative estimate of drug-likeness (QED) is 0.847. The molecule has 1 N–H and O–H groups in total. The van der Waals surface area contributed by atoms with E-state index in [1.807, 2.05) is 12.1 Å². The van der Waals surface area contributed by atoms with Gasteiger partial charge in [-0.05, 0) is 50.5 Å². The van der Waals surface area contributed by atoms with Crippen molar-refractivity contribution in [3.63, 3.8) is 0 Å². The van der Waals surface area contributed by atoms with Gasteiger partial charge in [-0.3, -0.25) is 14.5 Å². The van der Waals surface area contributed by atoms with Crippen LogP contribution in [0.5, 0.6) is 5.75 Å². The summed E-state index contributed by atoms with van der Waals surface area (Å²) in [5.74, 6) is 0.106. The number of benzene rings is 1. The second-order valence-electron chi connectivity index (χ2n) is 6.59. The lowest BCUT2D eigenvalue weighted by Crippen LogP contribution is -2.46. The maximum atomic E-state index is 12.7. The molecule has 4 amide bonds. The summed E-state index contributed by atoms with van der Waals surface area (Å²) < 4.78 is 5.23.